The Bertz CT molecular complexity index is 362. The Balaban J connectivity index is 2.06. The molecule has 2 rings (SSSR count). The zero-order valence-corrected chi connectivity index (χ0v) is 7.64. The van der Waals surface area contributed by atoms with Crippen LogP contribution >= 0.6 is 0 Å². The Labute approximate surface area is 81.6 Å². The third-order valence-electron chi connectivity index (χ3n) is 2.21. The topological polar surface area (TPSA) is 50.3 Å². The van der Waals surface area contributed by atoms with Gasteiger partial charge in [0.25, 0.3) is 5.91 Å². The summed E-state index contributed by atoms with van der Waals surface area (Å²) in [6.45, 7) is 0.958. The summed E-state index contributed by atoms with van der Waals surface area (Å²) in [4.78, 5) is 27.9. The van der Waals surface area contributed by atoms with Gasteiger partial charge in [0.05, 0.1) is 12.2 Å². The minimum Gasteiger partial charge on any atom is -0.330 e. The fourth-order valence-electron chi connectivity index (χ4n) is 1.46. The van der Waals surface area contributed by atoms with Crippen LogP contribution in [0.2, 0.25) is 0 Å². The second kappa shape index (κ2) is 3.57. The van der Waals surface area contributed by atoms with Gasteiger partial charge >= 0.3 is 0 Å². The largest absolute Gasteiger partial charge is 0.330 e. The van der Waals surface area contributed by atoms with E-state index in [1.54, 1.807) is 6.20 Å². The van der Waals surface area contributed by atoms with E-state index in [0.717, 1.165) is 5.69 Å². The number of carbonyl (C=O) groups is 2. The van der Waals surface area contributed by atoms with Gasteiger partial charge in [0.1, 0.15) is 0 Å². The minimum atomic E-state index is -0.379. The number of nitrogens with zero attached hydrogens (tertiary/aromatic N) is 2. The molecule has 0 aromatic carbocycles. The summed E-state index contributed by atoms with van der Waals surface area (Å²) >= 11 is 0. The van der Waals surface area contributed by atoms with Gasteiger partial charge in [0.15, 0.2) is 0 Å². The second-order valence-corrected chi connectivity index (χ2v) is 3.22. The molecule has 1 saturated heterocycles. The smallest absolute Gasteiger partial charge is 0.290 e. The number of hydrogen-bond acceptors (Lipinski definition) is 3. The molecule has 0 bridgehead atoms. The van der Waals surface area contributed by atoms with Crippen LogP contribution in [0.3, 0.4) is 0 Å². The van der Waals surface area contributed by atoms with Crippen molar-refractivity contribution in [2.45, 2.75) is 13.0 Å². The number of Topliss-reactive ketones (excluding diaryl/α,β-unsaturated/α-hetero) is 1. The Kier molecular flexibility index (Phi) is 2.26. The van der Waals surface area contributed by atoms with E-state index in [-0.39, 0.29) is 11.7 Å². The van der Waals surface area contributed by atoms with Gasteiger partial charge in [-0.2, -0.15) is 0 Å². The summed E-state index contributed by atoms with van der Waals surface area (Å²) in [5.41, 5.74) is 0.815. The van der Waals surface area contributed by atoms with E-state index in [9.17, 15) is 9.59 Å². The molecule has 4 heteroatoms. The van der Waals surface area contributed by atoms with Crippen molar-refractivity contribution >= 4 is 11.7 Å². The number of amides is 1. The number of hydrogen-bond donors (Lipinski definition) is 0. The van der Waals surface area contributed by atoms with E-state index >= 15 is 0 Å². The number of rotatable bonds is 2. The average molecular weight is 190 g/mol. The van der Waals surface area contributed by atoms with Crippen LogP contribution in [-0.4, -0.2) is 28.1 Å². The Hall–Kier alpha value is -1.71. The van der Waals surface area contributed by atoms with Gasteiger partial charge < -0.3 is 4.90 Å². The molecule has 2 heterocycles. The number of pyridine rings is 1. The van der Waals surface area contributed by atoms with Crippen molar-refractivity contribution in [3.63, 3.8) is 0 Å². The van der Waals surface area contributed by atoms with Crippen molar-refractivity contribution < 1.29 is 9.59 Å². The summed E-state index contributed by atoms with van der Waals surface area (Å²) in [6, 6.07) is 5.53. The Morgan fingerprint density at radius 1 is 1.36 bits per heavy atom. The third-order valence-corrected chi connectivity index (χ3v) is 2.21. The lowest BCUT2D eigenvalue weighted by molar-refractivity contribution is -0.140. The molecule has 4 nitrogen and oxygen atoms in total. The highest BCUT2D eigenvalue weighted by Crippen LogP contribution is 2.09. The number of likely N-dealkylation sites (tertiary alicyclic amines) is 1. The summed E-state index contributed by atoms with van der Waals surface area (Å²) in [6.07, 6.45) is 2.02. The molecule has 1 aliphatic heterocycles. The van der Waals surface area contributed by atoms with Crippen LogP contribution in [0.1, 0.15) is 12.1 Å². The zero-order valence-electron chi connectivity index (χ0n) is 7.64. The number of carbonyl (C=O) groups excluding carboxylic acids is 2. The SMILES string of the molecule is O=C1CCN(Cc2ccccn2)C1=O. The average Bonchev–Trinajstić information content (AvgIpc) is 2.52. The molecule has 0 saturated carbocycles. The molecule has 1 aliphatic rings. The summed E-state index contributed by atoms with van der Waals surface area (Å²) in [7, 11) is 0. The maximum Gasteiger partial charge on any atom is 0.290 e. The maximum absolute atomic E-state index is 11.3. The molecule has 1 aromatic rings. The number of ketones is 1. The molecule has 1 fully saturated rings. The van der Waals surface area contributed by atoms with Gasteiger partial charge in [-0.1, -0.05) is 6.07 Å². The highest BCUT2D eigenvalue weighted by Gasteiger charge is 2.28. The highest BCUT2D eigenvalue weighted by molar-refractivity contribution is 6.37. The van der Waals surface area contributed by atoms with E-state index < -0.39 is 0 Å². The molecule has 0 radical (unpaired) electrons. The molecular formula is C10H10N2O2. The first kappa shape index (κ1) is 8.87. The van der Waals surface area contributed by atoms with E-state index in [4.69, 9.17) is 0 Å². The van der Waals surface area contributed by atoms with Crippen LogP contribution in [0.4, 0.5) is 0 Å². The lowest BCUT2D eigenvalue weighted by Crippen LogP contribution is -2.27. The van der Waals surface area contributed by atoms with Crippen LogP contribution in [-0.2, 0) is 16.1 Å². The van der Waals surface area contributed by atoms with Crippen molar-refractivity contribution in [3.05, 3.63) is 30.1 Å². The van der Waals surface area contributed by atoms with Crippen molar-refractivity contribution in [2.24, 2.45) is 0 Å². The number of aromatic nitrogens is 1. The fraction of sp³-hybridized carbons (Fsp3) is 0.300. The van der Waals surface area contributed by atoms with Gasteiger partial charge in [-0.05, 0) is 12.1 Å². The molecule has 0 N–H and O–H groups in total. The van der Waals surface area contributed by atoms with Crippen LogP contribution < -0.4 is 0 Å². The van der Waals surface area contributed by atoms with Gasteiger partial charge in [-0.3, -0.25) is 14.6 Å². The molecule has 1 aromatic heterocycles. The molecular weight excluding hydrogens is 180 g/mol. The van der Waals surface area contributed by atoms with Crippen molar-refractivity contribution in [1.82, 2.24) is 9.88 Å². The molecule has 0 spiro atoms. The Morgan fingerprint density at radius 2 is 2.21 bits per heavy atom. The van der Waals surface area contributed by atoms with Crippen LogP contribution in [0.25, 0.3) is 0 Å². The van der Waals surface area contributed by atoms with Crippen molar-refractivity contribution in [3.8, 4) is 0 Å². The minimum absolute atomic E-state index is 0.291. The van der Waals surface area contributed by atoms with Crippen LogP contribution in [0.15, 0.2) is 24.4 Å². The van der Waals surface area contributed by atoms with E-state index in [1.807, 2.05) is 18.2 Å². The van der Waals surface area contributed by atoms with E-state index in [1.165, 1.54) is 4.90 Å². The molecule has 1 amide bonds. The molecule has 0 atom stereocenters. The predicted molar refractivity (Wildman–Crippen MR) is 49.3 cm³/mol. The summed E-state index contributed by atoms with van der Waals surface area (Å²) in [5, 5.41) is 0. The fourth-order valence-corrected chi connectivity index (χ4v) is 1.46. The standard InChI is InChI=1S/C10H10N2O2/c13-9-4-6-12(10(9)14)7-8-3-1-2-5-11-8/h1-3,5H,4,6-7H2. The van der Waals surface area contributed by atoms with Gasteiger partial charge in [-0.15, -0.1) is 0 Å². The predicted octanol–water partition coefficient (Wildman–Crippen LogP) is 0.383. The first-order chi connectivity index (χ1) is 6.77. The summed E-state index contributed by atoms with van der Waals surface area (Å²) in [5.74, 6) is -0.670. The van der Waals surface area contributed by atoms with Gasteiger partial charge in [-0.25, -0.2) is 0 Å². The van der Waals surface area contributed by atoms with Gasteiger partial charge in [0, 0.05) is 19.2 Å². The lowest BCUT2D eigenvalue weighted by Gasteiger charge is -2.12. The molecule has 0 aliphatic carbocycles. The quantitative estimate of drug-likeness (QED) is 0.633. The highest BCUT2D eigenvalue weighted by atomic mass is 16.2. The Morgan fingerprint density at radius 3 is 2.79 bits per heavy atom. The normalized spacial score (nSPS) is 16.4. The van der Waals surface area contributed by atoms with Crippen LogP contribution in [0, 0.1) is 0 Å². The van der Waals surface area contributed by atoms with Crippen molar-refractivity contribution in [2.75, 3.05) is 6.54 Å². The van der Waals surface area contributed by atoms with E-state index in [0.29, 0.717) is 19.5 Å². The maximum atomic E-state index is 11.3. The van der Waals surface area contributed by atoms with Crippen LogP contribution in [0.5, 0.6) is 0 Å². The third kappa shape index (κ3) is 1.64. The first-order valence-corrected chi connectivity index (χ1v) is 4.49. The molecule has 14 heavy (non-hydrogen) atoms. The monoisotopic (exact) mass is 190 g/mol. The molecule has 72 valence electrons. The zero-order chi connectivity index (χ0) is 9.97. The lowest BCUT2D eigenvalue weighted by atomic mass is 10.3. The van der Waals surface area contributed by atoms with Gasteiger partial charge in [0.2, 0.25) is 5.78 Å². The molecule has 0 unspecified atom stereocenters. The van der Waals surface area contributed by atoms with Crippen molar-refractivity contribution in [1.29, 1.82) is 0 Å². The first-order valence-electron chi connectivity index (χ1n) is 4.49. The second-order valence-electron chi connectivity index (χ2n) is 3.22. The van der Waals surface area contributed by atoms with E-state index in [2.05, 4.69) is 4.98 Å². The summed E-state index contributed by atoms with van der Waals surface area (Å²) < 4.78 is 0.